The number of rotatable bonds is 6. The van der Waals surface area contributed by atoms with E-state index in [2.05, 4.69) is 10.6 Å². The van der Waals surface area contributed by atoms with Crippen LogP contribution >= 0.6 is 0 Å². The lowest BCUT2D eigenvalue weighted by atomic mass is 10.0. The third-order valence-corrected chi connectivity index (χ3v) is 2.42. The topological polar surface area (TPSA) is 125 Å². The van der Waals surface area contributed by atoms with Gasteiger partial charge in [0.15, 0.2) is 0 Å². The molecule has 21 heavy (non-hydrogen) atoms. The zero-order valence-corrected chi connectivity index (χ0v) is 13.0. The van der Waals surface area contributed by atoms with E-state index in [1.807, 2.05) is 0 Å². The first kappa shape index (κ1) is 19.2. The molecule has 0 fully saturated rings. The van der Waals surface area contributed by atoms with Crippen molar-refractivity contribution in [3.8, 4) is 0 Å². The van der Waals surface area contributed by atoms with Crippen LogP contribution in [-0.2, 0) is 14.3 Å². The van der Waals surface area contributed by atoms with Gasteiger partial charge in [-0.05, 0) is 26.7 Å². The van der Waals surface area contributed by atoms with Crippen molar-refractivity contribution in [1.29, 1.82) is 0 Å². The molecule has 2 unspecified atom stereocenters. The van der Waals surface area contributed by atoms with E-state index in [9.17, 15) is 14.4 Å². The summed E-state index contributed by atoms with van der Waals surface area (Å²) in [6, 6.07) is -2.38. The third kappa shape index (κ3) is 7.50. The molecule has 0 saturated carbocycles. The standard InChI is InChI=1S/C13H24N2O6/c1-7(2)9(15-12(20)21-13(3,4)5)10(17)14-8(6-16)11(18)19/h7-9,16H,6H2,1-5H3,(H,14,17)(H,15,20)(H,18,19). The van der Waals surface area contributed by atoms with Gasteiger partial charge in [-0.3, -0.25) is 4.79 Å². The summed E-state index contributed by atoms with van der Waals surface area (Å²) in [6.07, 6.45) is -0.771. The van der Waals surface area contributed by atoms with Crippen molar-refractivity contribution in [2.75, 3.05) is 6.61 Å². The minimum atomic E-state index is -1.42. The van der Waals surface area contributed by atoms with Gasteiger partial charge in [0, 0.05) is 0 Å². The van der Waals surface area contributed by atoms with E-state index in [-0.39, 0.29) is 5.92 Å². The zero-order valence-electron chi connectivity index (χ0n) is 13.0. The second-order valence-corrected chi connectivity index (χ2v) is 5.95. The molecular weight excluding hydrogens is 280 g/mol. The second-order valence-electron chi connectivity index (χ2n) is 5.95. The van der Waals surface area contributed by atoms with Gasteiger partial charge in [0.25, 0.3) is 0 Å². The molecule has 0 spiro atoms. The van der Waals surface area contributed by atoms with E-state index < -0.39 is 42.3 Å². The summed E-state index contributed by atoms with van der Waals surface area (Å²) >= 11 is 0. The van der Waals surface area contributed by atoms with Crippen molar-refractivity contribution >= 4 is 18.0 Å². The highest BCUT2D eigenvalue weighted by molar-refractivity contribution is 5.89. The Hall–Kier alpha value is -1.83. The molecule has 0 heterocycles. The van der Waals surface area contributed by atoms with E-state index >= 15 is 0 Å². The van der Waals surface area contributed by atoms with Gasteiger partial charge in [0.05, 0.1) is 6.61 Å². The first-order valence-corrected chi connectivity index (χ1v) is 6.61. The average Bonchev–Trinajstić information content (AvgIpc) is 2.29. The molecule has 0 aromatic rings. The molecule has 0 bridgehead atoms. The maximum Gasteiger partial charge on any atom is 0.408 e. The first-order valence-electron chi connectivity index (χ1n) is 6.61. The smallest absolute Gasteiger partial charge is 0.408 e. The molecule has 4 N–H and O–H groups in total. The molecule has 0 saturated heterocycles. The van der Waals surface area contributed by atoms with Crippen LogP contribution in [0.3, 0.4) is 0 Å². The fraction of sp³-hybridized carbons (Fsp3) is 0.769. The molecule has 0 aliphatic heterocycles. The van der Waals surface area contributed by atoms with Crippen molar-refractivity contribution in [2.24, 2.45) is 5.92 Å². The van der Waals surface area contributed by atoms with Crippen LogP contribution in [0.15, 0.2) is 0 Å². The van der Waals surface area contributed by atoms with E-state index in [4.69, 9.17) is 14.9 Å². The fourth-order valence-corrected chi connectivity index (χ4v) is 1.42. The minimum Gasteiger partial charge on any atom is -0.480 e. The summed E-state index contributed by atoms with van der Waals surface area (Å²) in [6.45, 7) is 7.70. The highest BCUT2D eigenvalue weighted by Crippen LogP contribution is 2.09. The number of carbonyl (C=O) groups excluding carboxylic acids is 2. The van der Waals surface area contributed by atoms with Crippen LogP contribution in [-0.4, -0.2) is 52.5 Å². The average molecular weight is 304 g/mol. The van der Waals surface area contributed by atoms with Gasteiger partial charge < -0.3 is 25.6 Å². The van der Waals surface area contributed by atoms with Gasteiger partial charge in [0.1, 0.15) is 17.7 Å². The molecule has 2 atom stereocenters. The number of carbonyl (C=O) groups is 3. The molecule has 0 radical (unpaired) electrons. The number of hydrogen-bond acceptors (Lipinski definition) is 5. The second kappa shape index (κ2) is 7.82. The normalized spacial score (nSPS) is 14.2. The molecule has 0 aliphatic rings. The summed E-state index contributed by atoms with van der Waals surface area (Å²) in [5.41, 5.74) is -0.712. The maximum atomic E-state index is 12.0. The van der Waals surface area contributed by atoms with Crippen molar-refractivity contribution in [2.45, 2.75) is 52.3 Å². The Morgan fingerprint density at radius 3 is 2.00 bits per heavy atom. The Kier molecular flexibility index (Phi) is 7.14. The van der Waals surface area contributed by atoms with E-state index in [0.717, 1.165) is 0 Å². The van der Waals surface area contributed by atoms with Crippen LogP contribution in [0.5, 0.6) is 0 Å². The third-order valence-electron chi connectivity index (χ3n) is 2.42. The van der Waals surface area contributed by atoms with Crippen LogP contribution in [0.25, 0.3) is 0 Å². The van der Waals surface area contributed by atoms with Gasteiger partial charge in [-0.25, -0.2) is 9.59 Å². The van der Waals surface area contributed by atoms with Gasteiger partial charge in [-0.15, -0.1) is 0 Å². The van der Waals surface area contributed by atoms with Crippen molar-refractivity contribution in [1.82, 2.24) is 10.6 Å². The van der Waals surface area contributed by atoms with E-state index in [1.54, 1.807) is 34.6 Å². The summed E-state index contributed by atoms with van der Waals surface area (Å²) < 4.78 is 5.05. The number of hydrogen-bond donors (Lipinski definition) is 4. The van der Waals surface area contributed by atoms with Gasteiger partial charge >= 0.3 is 12.1 Å². The predicted molar refractivity (Wildman–Crippen MR) is 74.6 cm³/mol. The molecule has 122 valence electrons. The number of carboxylic acid groups (broad SMARTS) is 1. The largest absolute Gasteiger partial charge is 0.480 e. The molecule has 0 aromatic carbocycles. The Balaban J connectivity index is 4.79. The number of amides is 2. The van der Waals surface area contributed by atoms with Crippen LogP contribution in [0.4, 0.5) is 4.79 Å². The minimum absolute atomic E-state index is 0.286. The van der Waals surface area contributed by atoms with E-state index in [0.29, 0.717) is 0 Å². The quantitative estimate of drug-likeness (QED) is 0.551. The van der Waals surface area contributed by atoms with Gasteiger partial charge in [-0.2, -0.15) is 0 Å². The lowest BCUT2D eigenvalue weighted by molar-refractivity contribution is -0.143. The highest BCUT2D eigenvalue weighted by atomic mass is 16.6. The highest BCUT2D eigenvalue weighted by Gasteiger charge is 2.29. The molecule has 0 aromatic heterocycles. The monoisotopic (exact) mass is 304 g/mol. The summed E-state index contributed by atoms with van der Waals surface area (Å²) in [5.74, 6) is -2.34. The molecule has 8 heteroatoms. The lowest BCUT2D eigenvalue weighted by Gasteiger charge is -2.26. The number of aliphatic hydroxyl groups is 1. The number of nitrogens with one attached hydrogen (secondary N) is 2. The van der Waals surface area contributed by atoms with Crippen molar-refractivity contribution < 1.29 is 29.3 Å². The van der Waals surface area contributed by atoms with Gasteiger partial charge in [-0.1, -0.05) is 13.8 Å². The number of alkyl carbamates (subject to hydrolysis) is 1. The molecular formula is C13H24N2O6. The van der Waals surface area contributed by atoms with Crippen LogP contribution in [0, 0.1) is 5.92 Å². The van der Waals surface area contributed by atoms with Crippen LogP contribution in [0.1, 0.15) is 34.6 Å². The first-order chi connectivity index (χ1) is 9.47. The SMILES string of the molecule is CC(C)C(NC(=O)OC(C)(C)C)C(=O)NC(CO)C(=O)O. The maximum absolute atomic E-state index is 12.0. The Bertz CT molecular complexity index is 389. The van der Waals surface area contributed by atoms with Crippen LogP contribution in [0.2, 0.25) is 0 Å². The molecule has 0 aliphatic carbocycles. The number of aliphatic hydroxyl groups excluding tert-OH is 1. The zero-order chi connectivity index (χ0) is 16.8. The van der Waals surface area contributed by atoms with Gasteiger partial charge in [0.2, 0.25) is 5.91 Å². The van der Waals surface area contributed by atoms with Crippen molar-refractivity contribution in [3.05, 3.63) is 0 Å². The molecule has 2 amide bonds. The molecule has 8 nitrogen and oxygen atoms in total. The number of carboxylic acids is 1. The number of ether oxygens (including phenoxy) is 1. The number of aliphatic carboxylic acids is 1. The Labute approximate surface area is 123 Å². The van der Waals surface area contributed by atoms with Crippen LogP contribution < -0.4 is 10.6 Å². The Morgan fingerprint density at radius 2 is 1.67 bits per heavy atom. The van der Waals surface area contributed by atoms with E-state index in [1.165, 1.54) is 0 Å². The molecule has 0 rings (SSSR count). The Morgan fingerprint density at radius 1 is 1.14 bits per heavy atom. The lowest BCUT2D eigenvalue weighted by Crippen LogP contribution is -2.55. The summed E-state index contributed by atoms with van der Waals surface area (Å²) in [4.78, 5) is 34.5. The fourth-order valence-electron chi connectivity index (χ4n) is 1.42. The summed E-state index contributed by atoms with van der Waals surface area (Å²) in [7, 11) is 0. The van der Waals surface area contributed by atoms with Crippen molar-refractivity contribution in [3.63, 3.8) is 0 Å². The predicted octanol–water partition coefficient (Wildman–Crippen LogP) is 0.0974. The summed E-state index contributed by atoms with van der Waals surface area (Å²) in [5, 5.41) is 22.2.